The second-order valence-corrected chi connectivity index (χ2v) is 13.3. The summed E-state index contributed by atoms with van der Waals surface area (Å²) < 4.78 is 0. The smallest absolute Gasteiger partial charge is 0.0155 e. The van der Waals surface area contributed by atoms with Gasteiger partial charge in [0.15, 0.2) is 0 Å². The third kappa shape index (κ3) is 4.07. The van der Waals surface area contributed by atoms with E-state index in [2.05, 4.69) is 65.4 Å². The molecule has 4 aliphatic rings. The molecule has 0 N–H and O–H groups in total. The van der Waals surface area contributed by atoms with Crippen molar-refractivity contribution in [3.05, 3.63) is 0 Å². The monoisotopic (exact) mass is 402 g/mol. The molecule has 29 heavy (non-hydrogen) atoms. The van der Waals surface area contributed by atoms with Crippen molar-refractivity contribution < 1.29 is 0 Å². The number of nitrogens with zero attached hydrogens (tertiary/aromatic N) is 2. The van der Waals surface area contributed by atoms with Crippen LogP contribution in [0.25, 0.3) is 0 Å². The lowest BCUT2D eigenvalue weighted by Crippen LogP contribution is -2.59. The summed E-state index contributed by atoms with van der Waals surface area (Å²) in [7, 11) is 4.82. The van der Waals surface area contributed by atoms with Gasteiger partial charge in [-0.1, -0.05) is 13.8 Å². The van der Waals surface area contributed by atoms with Crippen LogP contribution in [0.15, 0.2) is 0 Å². The topological polar surface area (TPSA) is 6.48 Å². The summed E-state index contributed by atoms with van der Waals surface area (Å²) in [4.78, 5) is 5.50. The number of hydrogen-bond donors (Lipinski definition) is 0. The zero-order chi connectivity index (χ0) is 21.1. The van der Waals surface area contributed by atoms with E-state index in [4.69, 9.17) is 0 Å². The van der Waals surface area contributed by atoms with Gasteiger partial charge in [-0.15, -0.1) is 0 Å². The van der Waals surface area contributed by atoms with Gasteiger partial charge in [0.2, 0.25) is 0 Å². The number of piperidine rings is 2. The Morgan fingerprint density at radius 2 is 1.03 bits per heavy atom. The van der Waals surface area contributed by atoms with E-state index in [1.54, 1.807) is 0 Å². The van der Waals surface area contributed by atoms with Crippen LogP contribution in [0.1, 0.15) is 99.3 Å². The summed E-state index contributed by atoms with van der Waals surface area (Å²) in [6.45, 7) is 15.0. The molecule has 4 fully saturated rings. The number of hydrogen-bond acceptors (Lipinski definition) is 2. The highest BCUT2D eigenvalue weighted by Gasteiger charge is 2.48. The summed E-state index contributed by atoms with van der Waals surface area (Å²) >= 11 is 0. The fourth-order valence-corrected chi connectivity index (χ4v) is 8.71. The van der Waals surface area contributed by atoms with Gasteiger partial charge in [-0.3, -0.25) is 9.80 Å². The molecule has 168 valence electrons. The van der Waals surface area contributed by atoms with Gasteiger partial charge in [0, 0.05) is 23.2 Å². The molecule has 0 radical (unpaired) electrons. The Balaban J connectivity index is 1.36. The molecule has 2 heterocycles. The average molecular weight is 403 g/mol. The summed E-state index contributed by atoms with van der Waals surface area (Å²) in [5, 5.41) is 0. The van der Waals surface area contributed by atoms with Crippen molar-refractivity contribution in [2.75, 3.05) is 14.1 Å². The maximum Gasteiger partial charge on any atom is 0.0155 e. The van der Waals surface area contributed by atoms with Crippen LogP contribution in [0.3, 0.4) is 0 Å². The van der Waals surface area contributed by atoms with Gasteiger partial charge in [0.05, 0.1) is 0 Å². The first-order valence-electron chi connectivity index (χ1n) is 13.0. The first-order chi connectivity index (χ1) is 13.5. The lowest BCUT2D eigenvalue weighted by Gasteiger charge is -2.56. The maximum absolute atomic E-state index is 2.75. The van der Waals surface area contributed by atoms with Gasteiger partial charge >= 0.3 is 0 Å². The van der Waals surface area contributed by atoms with Crippen LogP contribution >= 0.6 is 0 Å². The lowest BCUT2D eigenvalue weighted by atomic mass is 9.61. The minimum Gasteiger partial charge on any atom is -0.298 e. The van der Waals surface area contributed by atoms with Gasteiger partial charge in [-0.25, -0.2) is 0 Å². The largest absolute Gasteiger partial charge is 0.298 e. The summed E-state index contributed by atoms with van der Waals surface area (Å²) in [5.41, 5.74) is 0.783. The van der Waals surface area contributed by atoms with E-state index in [-0.39, 0.29) is 0 Å². The highest BCUT2D eigenvalue weighted by atomic mass is 15.2. The second-order valence-electron chi connectivity index (χ2n) is 13.3. The van der Waals surface area contributed by atoms with Gasteiger partial charge < -0.3 is 0 Å². The standard InChI is InChI=1S/C27H50N2/c1-18-16-26(3,4)28(7)24-11-9-20(14-22(18)24)13-21-10-12-25-23(15-21)19(2)17-27(5,6)29(25)8/h18-25H,9-17H2,1-8H3. The van der Waals surface area contributed by atoms with Crippen molar-refractivity contribution in [2.24, 2.45) is 35.5 Å². The normalized spacial score (nSPS) is 48.0. The van der Waals surface area contributed by atoms with E-state index >= 15 is 0 Å². The minimum atomic E-state index is 0.392. The van der Waals surface area contributed by atoms with Crippen molar-refractivity contribution in [2.45, 2.75) is 122 Å². The molecule has 0 spiro atoms. The average Bonchev–Trinajstić information content (AvgIpc) is 2.64. The third-order valence-corrected chi connectivity index (χ3v) is 10.6. The summed E-state index contributed by atoms with van der Waals surface area (Å²) in [5.74, 6) is 5.70. The molecule has 2 nitrogen and oxygen atoms in total. The van der Waals surface area contributed by atoms with Crippen LogP contribution in [0, 0.1) is 35.5 Å². The van der Waals surface area contributed by atoms with E-state index in [1.807, 2.05) is 0 Å². The Kier molecular flexibility index (Phi) is 5.95. The Bertz CT molecular complexity index is 531. The first-order valence-corrected chi connectivity index (χ1v) is 13.0. The third-order valence-electron chi connectivity index (χ3n) is 10.6. The predicted octanol–water partition coefficient (Wildman–Crippen LogP) is 6.45. The van der Waals surface area contributed by atoms with Gasteiger partial charge in [0.25, 0.3) is 0 Å². The van der Waals surface area contributed by atoms with Gasteiger partial charge in [-0.05, 0) is 135 Å². The minimum absolute atomic E-state index is 0.392. The molecule has 0 aromatic rings. The highest BCUT2D eigenvalue weighted by molar-refractivity contribution is 5.02. The van der Waals surface area contributed by atoms with Crippen molar-refractivity contribution in [1.82, 2.24) is 9.80 Å². The highest BCUT2D eigenvalue weighted by Crippen LogP contribution is 2.50. The molecule has 0 amide bonds. The molecule has 8 unspecified atom stereocenters. The Morgan fingerprint density at radius 3 is 1.41 bits per heavy atom. The Labute approximate surface area is 182 Å². The second kappa shape index (κ2) is 7.80. The number of rotatable bonds is 2. The van der Waals surface area contributed by atoms with Crippen molar-refractivity contribution >= 4 is 0 Å². The Morgan fingerprint density at radius 1 is 0.655 bits per heavy atom. The number of likely N-dealkylation sites (tertiary alicyclic amines) is 2. The molecule has 0 aromatic carbocycles. The predicted molar refractivity (Wildman–Crippen MR) is 125 cm³/mol. The molecular formula is C27H50N2. The van der Waals surface area contributed by atoms with Gasteiger partial charge in [-0.2, -0.15) is 0 Å². The van der Waals surface area contributed by atoms with E-state index in [0.717, 1.165) is 47.6 Å². The molecular weight excluding hydrogens is 352 g/mol. The first kappa shape index (κ1) is 22.1. The van der Waals surface area contributed by atoms with E-state index < -0.39 is 0 Å². The zero-order valence-corrected chi connectivity index (χ0v) is 20.9. The fourth-order valence-electron chi connectivity index (χ4n) is 8.71. The molecule has 8 atom stereocenters. The van der Waals surface area contributed by atoms with Crippen LogP contribution in [-0.2, 0) is 0 Å². The number of fused-ring (bicyclic) bond motifs is 2. The van der Waals surface area contributed by atoms with Crippen molar-refractivity contribution in [1.29, 1.82) is 0 Å². The van der Waals surface area contributed by atoms with Crippen LogP contribution in [0.2, 0.25) is 0 Å². The zero-order valence-electron chi connectivity index (χ0n) is 20.9. The fraction of sp³-hybridized carbons (Fsp3) is 1.00. The molecule has 2 aliphatic heterocycles. The molecule has 0 bridgehead atoms. The van der Waals surface area contributed by atoms with Crippen LogP contribution in [0.4, 0.5) is 0 Å². The van der Waals surface area contributed by atoms with Crippen LogP contribution in [-0.4, -0.2) is 47.1 Å². The van der Waals surface area contributed by atoms with Crippen LogP contribution in [0.5, 0.6) is 0 Å². The quantitative estimate of drug-likeness (QED) is 0.524. The Hall–Kier alpha value is -0.0800. The molecule has 0 aromatic heterocycles. The van der Waals surface area contributed by atoms with Crippen molar-refractivity contribution in [3.63, 3.8) is 0 Å². The molecule has 2 saturated carbocycles. The maximum atomic E-state index is 2.75. The SMILES string of the molecule is CC1CC(C)(C)N(C)C2CCC(CC3CCC4C(C3)C(C)CC(C)(C)N4C)CC12. The van der Waals surface area contributed by atoms with E-state index in [0.29, 0.717) is 11.1 Å². The van der Waals surface area contributed by atoms with Gasteiger partial charge in [0.1, 0.15) is 0 Å². The molecule has 4 rings (SSSR count). The lowest BCUT2D eigenvalue weighted by molar-refractivity contribution is -0.0641. The summed E-state index contributed by atoms with van der Waals surface area (Å²) in [6.07, 6.45) is 13.2. The summed E-state index contributed by atoms with van der Waals surface area (Å²) in [6, 6.07) is 1.69. The van der Waals surface area contributed by atoms with E-state index in [9.17, 15) is 0 Å². The molecule has 2 heteroatoms. The van der Waals surface area contributed by atoms with Crippen LogP contribution < -0.4 is 0 Å². The van der Waals surface area contributed by atoms with E-state index in [1.165, 1.54) is 57.8 Å². The molecule has 2 aliphatic carbocycles. The van der Waals surface area contributed by atoms with Crippen molar-refractivity contribution in [3.8, 4) is 0 Å². The molecule has 2 saturated heterocycles.